The summed E-state index contributed by atoms with van der Waals surface area (Å²) in [6.07, 6.45) is 3.74. The first-order valence-electron chi connectivity index (χ1n) is 10.2. The standard InChI is InChI=1S/C23H29N3O3/c1-3-29-22-10-6-5-9-21(22)26(18(2)27)17-23(28)24-19-11-13-20(14-12-19)25-15-7-4-8-16-25/h5-6,9-14H,3-4,7-8,15-17H2,1-2H3,(H,24,28). The number of carbonyl (C=O) groups excluding carboxylic acids is 2. The summed E-state index contributed by atoms with van der Waals surface area (Å²) in [5, 5.41) is 2.89. The van der Waals surface area contributed by atoms with Gasteiger partial charge in [-0.25, -0.2) is 0 Å². The highest BCUT2D eigenvalue weighted by Gasteiger charge is 2.19. The molecule has 1 saturated heterocycles. The Morgan fingerprint density at radius 3 is 2.38 bits per heavy atom. The minimum absolute atomic E-state index is 0.0761. The van der Waals surface area contributed by atoms with Crippen molar-refractivity contribution in [1.82, 2.24) is 0 Å². The van der Waals surface area contributed by atoms with E-state index in [0.29, 0.717) is 18.0 Å². The number of amides is 2. The number of anilines is 3. The molecule has 2 amide bonds. The number of para-hydroxylation sites is 2. The summed E-state index contributed by atoms with van der Waals surface area (Å²) in [4.78, 5) is 28.6. The lowest BCUT2D eigenvalue weighted by molar-refractivity contribution is -0.120. The molecule has 154 valence electrons. The zero-order chi connectivity index (χ0) is 20.6. The van der Waals surface area contributed by atoms with Gasteiger partial charge in [0.15, 0.2) is 0 Å². The average molecular weight is 396 g/mol. The molecule has 1 N–H and O–H groups in total. The Hall–Kier alpha value is -3.02. The molecule has 1 heterocycles. The molecule has 3 rings (SSSR count). The molecule has 6 nitrogen and oxygen atoms in total. The Balaban J connectivity index is 1.66. The molecular formula is C23H29N3O3. The van der Waals surface area contributed by atoms with Gasteiger partial charge in [0.2, 0.25) is 11.8 Å². The van der Waals surface area contributed by atoms with E-state index in [4.69, 9.17) is 4.74 Å². The molecule has 2 aromatic carbocycles. The highest BCUT2D eigenvalue weighted by molar-refractivity contribution is 6.02. The molecule has 29 heavy (non-hydrogen) atoms. The maximum atomic E-state index is 12.6. The molecule has 0 radical (unpaired) electrons. The molecular weight excluding hydrogens is 366 g/mol. The smallest absolute Gasteiger partial charge is 0.244 e. The number of hydrogen-bond donors (Lipinski definition) is 1. The Kier molecular flexibility index (Phi) is 7.11. The molecule has 0 atom stereocenters. The Morgan fingerprint density at radius 2 is 1.72 bits per heavy atom. The van der Waals surface area contributed by atoms with Gasteiger partial charge in [0.1, 0.15) is 12.3 Å². The van der Waals surface area contributed by atoms with Gasteiger partial charge >= 0.3 is 0 Å². The lowest BCUT2D eigenvalue weighted by Crippen LogP contribution is -2.37. The van der Waals surface area contributed by atoms with Crippen LogP contribution in [0.4, 0.5) is 17.1 Å². The molecule has 1 aliphatic heterocycles. The van der Waals surface area contributed by atoms with Crippen LogP contribution in [-0.2, 0) is 9.59 Å². The zero-order valence-corrected chi connectivity index (χ0v) is 17.2. The fourth-order valence-corrected chi connectivity index (χ4v) is 3.58. The monoisotopic (exact) mass is 395 g/mol. The first-order chi connectivity index (χ1) is 14.1. The second-order valence-electron chi connectivity index (χ2n) is 7.15. The summed E-state index contributed by atoms with van der Waals surface area (Å²) in [6, 6.07) is 15.1. The van der Waals surface area contributed by atoms with Crippen LogP contribution in [0.2, 0.25) is 0 Å². The van der Waals surface area contributed by atoms with E-state index in [1.165, 1.54) is 36.8 Å². The molecule has 1 fully saturated rings. The summed E-state index contributed by atoms with van der Waals surface area (Å²) in [5.74, 6) is 0.119. The summed E-state index contributed by atoms with van der Waals surface area (Å²) >= 11 is 0. The van der Waals surface area contributed by atoms with E-state index >= 15 is 0 Å². The Morgan fingerprint density at radius 1 is 1.03 bits per heavy atom. The highest BCUT2D eigenvalue weighted by Crippen LogP contribution is 2.28. The third kappa shape index (κ3) is 5.50. The van der Waals surface area contributed by atoms with Crippen molar-refractivity contribution in [2.24, 2.45) is 0 Å². The van der Waals surface area contributed by atoms with Crippen molar-refractivity contribution in [3.05, 3.63) is 48.5 Å². The molecule has 2 aromatic rings. The summed E-state index contributed by atoms with van der Waals surface area (Å²) in [7, 11) is 0. The van der Waals surface area contributed by atoms with Crippen LogP contribution in [0.5, 0.6) is 5.75 Å². The first-order valence-corrected chi connectivity index (χ1v) is 10.2. The number of hydrogen-bond acceptors (Lipinski definition) is 4. The van der Waals surface area contributed by atoms with Crippen LogP contribution in [0.3, 0.4) is 0 Å². The average Bonchev–Trinajstić information content (AvgIpc) is 2.74. The Labute approximate surface area is 172 Å². The normalized spacial score (nSPS) is 13.7. The predicted octanol–water partition coefficient (Wildman–Crippen LogP) is 4.07. The van der Waals surface area contributed by atoms with E-state index in [1.54, 1.807) is 12.1 Å². The van der Waals surface area contributed by atoms with Gasteiger partial charge < -0.3 is 15.0 Å². The van der Waals surface area contributed by atoms with Crippen molar-refractivity contribution in [3.63, 3.8) is 0 Å². The van der Waals surface area contributed by atoms with E-state index in [-0.39, 0.29) is 18.4 Å². The molecule has 0 saturated carbocycles. The largest absolute Gasteiger partial charge is 0.492 e. The molecule has 0 bridgehead atoms. The SMILES string of the molecule is CCOc1ccccc1N(CC(=O)Nc1ccc(N2CCCCC2)cc1)C(C)=O. The van der Waals surface area contributed by atoms with E-state index in [0.717, 1.165) is 18.8 Å². The summed E-state index contributed by atoms with van der Waals surface area (Å²) < 4.78 is 5.61. The predicted molar refractivity (Wildman–Crippen MR) is 117 cm³/mol. The summed E-state index contributed by atoms with van der Waals surface area (Å²) in [6.45, 7) is 5.90. The van der Waals surface area contributed by atoms with Gasteiger partial charge in [0, 0.05) is 31.4 Å². The van der Waals surface area contributed by atoms with Gasteiger partial charge in [-0.3, -0.25) is 14.5 Å². The van der Waals surface area contributed by atoms with Crippen molar-refractivity contribution in [2.75, 3.05) is 41.4 Å². The van der Waals surface area contributed by atoms with Crippen molar-refractivity contribution >= 4 is 28.9 Å². The van der Waals surface area contributed by atoms with Crippen LogP contribution >= 0.6 is 0 Å². The van der Waals surface area contributed by atoms with Crippen LogP contribution in [0.25, 0.3) is 0 Å². The number of ether oxygens (including phenoxy) is 1. The number of benzene rings is 2. The zero-order valence-electron chi connectivity index (χ0n) is 17.2. The molecule has 0 aliphatic carbocycles. The minimum atomic E-state index is -0.253. The molecule has 6 heteroatoms. The van der Waals surface area contributed by atoms with Gasteiger partial charge in [0.05, 0.1) is 12.3 Å². The van der Waals surface area contributed by atoms with Crippen molar-refractivity contribution in [3.8, 4) is 5.75 Å². The number of nitrogens with one attached hydrogen (secondary N) is 1. The maximum absolute atomic E-state index is 12.6. The lowest BCUT2D eigenvalue weighted by atomic mass is 10.1. The third-order valence-corrected chi connectivity index (χ3v) is 5.01. The van der Waals surface area contributed by atoms with Crippen LogP contribution in [0, 0.1) is 0 Å². The minimum Gasteiger partial charge on any atom is -0.492 e. The van der Waals surface area contributed by atoms with Gasteiger partial charge in [-0.2, -0.15) is 0 Å². The Bertz CT molecular complexity index is 830. The topological polar surface area (TPSA) is 61.9 Å². The second kappa shape index (κ2) is 9.96. The molecule has 0 unspecified atom stereocenters. The van der Waals surface area contributed by atoms with Crippen LogP contribution in [-0.4, -0.2) is 38.1 Å². The third-order valence-electron chi connectivity index (χ3n) is 5.01. The fraction of sp³-hybridized carbons (Fsp3) is 0.391. The molecule has 0 spiro atoms. The van der Waals surface area contributed by atoms with Gasteiger partial charge in [0.25, 0.3) is 0 Å². The van der Waals surface area contributed by atoms with Gasteiger partial charge in [-0.15, -0.1) is 0 Å². The van der Waals surface area contributed by atoms with E-state index < -0.39 is 0 Å². The number of rotatable bonds is 7. The number of nitrogens with zero attached hydrogens (tertiary/aromatic N) is 2. The van der Waals surface area contributed by atoms with Crippen LogP contribution < -0.4 is 19.9 Å². The molecule has 0 aromatic heterocycles. The quantitative estimate of drug-likeness (QED) is 0.768. The number of piperidine rings is 1. The van der Waals surface area contributed by atoms with E-state index in [1.807, 2.05) is 43.3 Å². The van der Waals surface area contributed by atoms with E-state index in [2.05, 4.69) is 10.2 Å². The number of carbonyl (C=O) groups is 2. The first kappa shape index (κ1) is 20.7. The van der Waals surface area contributed by atoms with Crippen molar-refractivity contribution in [2.45, 2.75) is 33.1 Å². The van der Waals surface area contributed by atoms with Gasteiger partial charge in [-0.05, 0) is 62.6 Å². The summed E-state index contributed by atoms with van der Waals surface area (Å²) in [5.41, 5.74) is 2.49. The van der Waals surface area contributed by atoms with Crippen LogP contribution in [0.1, 0.15) is 33.1 Å². The van der Waals surface area contributed by atoms with Crippen molar-refractivity contribution < 1.29 is 14.3 Å². The highest BCUT2D eigenvalue weighted by atomic mass is 16.5. The maximum Gasteiger partial charge on any atom is 0.244 e. The second-order valence-corrected chi connectivity index (χ2v) is 7.15. The van der Waals surface area contributed by atoms with Crippen LogP contribution in [0.15, 0.2) is 48.5 Å². The van der Waals surface area contributed by atoms with Crippen molar-refractivity contribution in [1.29, 1.82) is 0 Å². The fourth-order valence-electron chi connectivity index (χ4n) is 3.58. The lowest BCUT2D eigenvalue weighted by Gasteiger charge is -2.29. The molecule has 1 aliphatic rings. The van der Waals surface area contributed by atoms with E-state index in [9.17, 15) is 9.59 Å². The van der Waals surface area contributed by atoms with Gasteiger partial charge in [-0.1, -0.05) is 12.1 Å².